The monoisotopic (exact) mass is 203 g/mol. The molecular formula is C9H4F2LiNS. The summed E-state index contributed by atoms with van der Waals surface area (Å²) < 4.78 is 25.7. The van der Waals surface area contributed by atoms with E-state index in [2.05, 4.69) is 10.4 Å². The summed E-state index contributed by atoms with van der Waals surface area (Å²) in [5, 5.41) is 3.25. The fourth-order valence-corrected chi connectivity index (χ4v) is 1.58. The minimum atomic E-state index is -0.594. The van der Waals surface area contributed by atoms with E-state index in [0.717, 1.165) is 6.07 Å². The topological polar surface area (TPSA) is 12.9 Å². The van der Waals surface area contributed by atoms with E-state index in [1.165, 1.54) is 29.7 Å². The zero-order valence-corrected chi connectivity index (χ0v) is 8.24. The van der Waals surface area contributed by atoms with E-state index in [9.17, 15) is 8.78 Å². The van der Waals surface area contributed by atoms with Gasteiger partial charge in [-0.2, -0.15) is 5.38 Å². The van der Waals surface area contributed by atoms with Crippen molar-refractivity contribution in [3.8, 4) is 10.6 Å². The van der Waals surface area contributed by atoms with E-state index in [0.29, 0.717) is 10.6 Å². The Labute approximate surface area is 96.0 Å². The molecule has 2 aromatic rings. The molecule has 0 aliphatic heterocycles. The van der Waals surface area contributed by atoms with Gasteiger partial charge in [0.05, 0.1) is 0 Å². The zero-order valence-electron chi connectivity index (χ0n) is 7.42. The van der Waals surface area contributed by atoms with Crippen LogP contribution in [-0.2, 0) is 0 Å². The molecular weight excluding hydrogens is 199 g/mol. The zero-order chi connectivity index (χ0) is 9.26. The Morgan fingerprint density at radius 1 is 1.29 bits per heavy atom. The third-order valence-electron chi connectivity index (χ3n) is 1.55. The molecule has 0 unspecified atom stereocenters. The van der Waals surface area contributed by atoms with Gasteiger partial charge in [0.2, 0.25) is 0 Å². The predicted octanol–water partition coefficient (Wildman–Crippen LogP) is -0.108. The molecule has 0 N–H and O–H groups in total. The van der Waals surface area contributed by atoms with E-state index in [4.69, 9.17) is 0 Å². The summed E-state index contributed by atoms with van der Waals surface area (Å²) >= 11 is 1.20. The maximum Gasteiger partial charge on any atom is 1.00 e. The molecule has 66 valence electrons. The maximum absolute atomic E-state index is 13.1. The van der Waals surface area contributed by atoms with Gasteiger partial charge in [0.15, 0.2) is 0 Å². The minimum Gasteiger partial charge on any atom is -0.359 e. The molecule has 14 heavy (non-hydrogen) atoms. The van der Waals surface area contributed by atoms with E-state index >= 15 is 0 Å². The summed E-state index contributed by atoms with van der Waals surface area (Å²) in [6.07, 6.45) is 1.46. The number of thiazole rings is 1. The van der Waals surface area contributed by atoms with Crippen LogP contribution in [0.4, 0.5) is 8.78 Å². The van der Waals surface area contributed by atoms with Gasteiger partial charge in [0, 0.05) is 6.07 Å². The van der Waals surface area contributed by atoms with Crippen LogP contribution in [0.5, 0.6) is 0 Å². The first-order valence-corrected chi connectivity index (χ1v) is 4.36. The Kier molecular flexibility index (Phi) is 3.82. The third kappa shape index (κ3) is 2.21. The van der Waals surface area contributed by atoms with Gasteiger partial charge in [-0.3, -0.25) is 0 Å². The molecule has 1 aromatic heterocycles. The predicted molar refractivity (Wildman–Crippen MR) is 46.3 cm³/mol. The van der Waals surface area contributed by atoms with Crippen LogP contribution in [0, 0.1) is 17.0 Å². The molecule has 0 aliphatic carbocycles. The summed E-state index contributed by atoms with van der Waals surface area (Å²) in [6, 6.07) is 3.42. The van der Waals surface area contributed by atoms with Crippen molar-refractivity contribution in [1.29, 1.82) is 0 Å². The average Bonchev–Trinajstić information content (AvgIpc) is 2.56. The van der Waals surface area contributed by atoms with E-state index in [1.807, 2.05) is 0 Å². The van der Waals surface area contributed by atoms with Crippen LogP contribution >= 0.6 is 11.3 Å². The van der Waals surface area contributed by atoms with Gasteiger partial charge in [-0.05, 0) is 16.6 Å². The van der Waals surface area contributed by atoms with E-state index < -0.39 is 11.6 Å². The van der Waals surface area contributed by atoms with Gasteiger partial charge in [-0.25, -0.2) is 8.78 Å². The van der Waals surface area contributed by atoms with Crippen molar-refractivity contribution in [3.63, 3.8) is 0 Å². The second-order valence-corrected chi connectivity index (χ2v) is 3.23. The number of halogens is 2. The van der Waals surface area contributed by atoms with Crippen molar-refractivity contribution in [2.45, 2.75) is 0 Å². The van der Waals surface area contributed by atoms with Crippen LogP contribution in [-0.4, -0.2) is 4.98 Å². The minimum absolute atomic E-state index is 0. The van der Waals surface area contributed by atoms with Crippen LogP contribution in [0.2, 0.25) is 0 Å². The number of aromatic nitrogens is 1. The van der Waals surface area contributed by atoms with E-state index in [1.54, 1.807) is 0 Å². The fourth-order valence-electron chi connectivity index (χ4n) is 0.981. The Bertz CT molecular complexity index is 417. The van der Waals surface area contributed by atoms with Gasteiger partial charge in [-0.1, -0.05) is 12.3 Å². The number of hydrogen-bond donors (Lipinski definition) is 0. The second-order valence-electron chi connectivity index (χ2n) is 2.41. The third-order valence-corrected chi connectivity index (χ3v) is 2.29. The van der Waals surface area contributed by atoms with E-state index in [-0.39, 0.29) is 18.9 Å². The van der Waals surface area contributed by atoms with Crippen molar-refractivity contribution in [2.24, 2.45) is 0 Å². The summed E-state index contributed by atoms with van der Waals surface area (Å²) in [7, 11) is 0. The van der Waals surface area contributed by atoms with Crippen molar-refractivity contribution < 1.29 is 27.6 Å². The van der Waals surface area contributed by atoms with Crippen LogP contribution in [0.1, 0.15) is 0 Å². The van der Waals surface area contributed by atoms with Gasteiger partial charge in [0.25, 0.3) is 0 Å². The average molecular weight is 203 g/mol. The standard InChI is InChI=1S/C9H4F2NS.Li/c10-6-1-2-7(8(11)5-6)9-12-3-4-13-9;/h1-3,5H;/q-1;+1. The Morgan fingerprint density at radius 2 is 2.07 bits per heavy atom. The molecule has 0 radical (unpaired) electrons. The number of hydrogen-bond acceptors (Lipinski definition) is 2. The molecule has 1 heterocycles. The molecule has 5 heteroatoms. The maximum atomic E-state index is 13.1. The summed E-state index contributed by atoms with van der Waals surface area (Å²) in [4.78, 5) is 3.88. The Morgan fingerprint density at radius 3 is 2.64 bits per heavy atom. The molecule has 0 aliphatic rings. The molecule has 0 fully saturated rings. The van der Waals surface area contributed by atoms with Crippen LogP contribution in [0.25, 0.3) is 10.6 Å². The first-order chi connectivity index (χ1) is 6.27. The van der Waals surface area contributed by atoms with Gasteiger partial charge in [0.1, 0.15) is 11.6 Å². The molecule has 0 saturated heterocycles. The SMILES string of the molecule is Fc1ccc(-c2nc[c-]s2)c(F)c1.[Li+]. The number of nitrogens with zero attached hydrogens (tertiary/aromatic N) is 1. The quantitative estimate of drug-likeness (QED) is 0.465. The van der Waals surface area contributed by atoms with Crippen molar-refractivity contribution in [2.75, 3.05) is 0 Å². The second kappa shape index (κ2) is 4.70. The molecule has 1 nitrogen and oxygen atoms in total. The van der Waals surface area contributed by atoms with Crippen LogP contribution in [0.15, 0.2) is 24.4 Å². The van der Waals surface area contributed by atoms with Crippen molar-refractivity contribution in [3.05, 3.63) is 41.4 Å². The molecule has 2 rings (SSSR count). The first kappa shape index (κ1) is 11.4. The normalized spacial score (nSPS) is 9.57. The summed E-state index contributed by atoms with van der Waals surface area (Å²) in [5.41, 5.74) is 0.313. The number of rotatable bonds is 1. The van der Waals surface area contributed by atoms with Crippen molar-refractivity contribution in [1.82, 2.24) is 4.98 Å². The molecule has 0 amide bonds. The molecule has 0 atom stereocenters. The summed E-state index contributed by atoms with van der Waals surface area (Å²) in [5.74, 6) is -1.18. The Hall–Kier alpha value is -0.693. The first-order valence-electron chi connectivity index (χ1n) is 3.54. The smallest absolute Gasteiger partial charge is 0.359 e. The van der Waals surface area contributed by atoms with Crippen LogP contribution < -0.4 is 18.9 Å². The van der Waals surface area contributed by atoms with Gasteiger partial charge < -0.3 is 16.3 Å². The molecule has 0 bridgehead atoms. The molecule has 1 aromatic carbocycles. The summed E-state index contributed by atoms with van der Waals surface area (Å²) in [6.45, 7) is 0. The van der Waals surface area contributed by atoms with Crippen LogP contribution in [0.3, 0.4) is 0 Å². The number of benzene rings is 1. The molecule has 0 saturated carbocycles. The van der Waals surface area contributed by atoms with Gasteiger partial charge in [-0.15, -0.1) is 0 Å². The Balaban J connectivity index is 0.000000980. The fraction of sp³-hybridized carbons (Fsp3) is 0. The largest absolute Gasteiger partial charge is 1.00 e. The molecule has 0 spiro atoms. The van der Waals surface area contributed by atoms with Crippen molar-refractivity contribution >= 4 is 11.3 Å². The van der Waals surface area contributed by atoms with Gasteiger partial charge >= 0.3 is 18.9 Å².